The molecule has 0 bridgehead atoms. The van der Waals surface area contributed by atoms with Crippen molar-refractivity contribution in [1.29, 1.82) is 0 Å². The van der Waals surface area contributed by atoms with Crippen LogP contribution in [0, 0.1) is 24.2 Å². The first-order valence-corrected chi connectivity index (χ1v) is 13.3. The Morgan fingerprint density at radius 2 is 1.43 bits per heavy atom. The number of rotatable bonds is 5. The van der Waals surface area contributed by atoms with Gasteiger partial charge in [-0.1, -0.05) is 119 Å². The summed E-state index contributed by atoms with van der Waals surface area (Å²) in [7, 11) is -1.06. The van der Waals surface area contributed by atoms with Crippen LogP contribution in [0.3, 0.4) is 0 Å². The van der Waals surface area contributed by atoms with Crippen molar-refractivity contribution in [2.24, 2.45) is 0 Å². The van der Waals surface area contributed by atoms with E-state index in [0.29, 0.717) is 6.54 Å². The van der Waals surface area contributed by atoms with Crippen LogP contribution in [0.1, 0.15) is 11.1 Å². The standard InChI is InChI=1S/C33H24NSi/c1-2-27-14-13-15-28(26-27)22-25-35(29-16-5-3-6-17-29)24-12-4-11-23-34-32-20-9-7-18-30(32)31-19-8-10-21-33(31)34/h1,3,5-10,12-22,24-26H,23H2/b24-12+,25-22+. The van der Waals surface area contributed by atoms with E-state index >= 15 is 0 Å². The molecule has 0 N–H and O–H groups in total. The molecular weight excluding hydrogens is 438 g/mol. The number of fused-ring (bicyclic) bond motifs is 3. The van der Waals surface area contributed by atoms with Crippen LogP contribution in [0.4, 0.5) is 0 Å². The maximum absolute atomic E-state index is 5.56. The van der Waals surface area contributed by atoms with Gasteiger partial charge in [-0.3, -0.25) is 0 Å². The normalized spacial score (nSPS) is 11.3. The number of hydrogen-bond acceptors (Lipinski definition) is 0. The minimum atomic E-state index is -1.06. The van der Waals surface area contributed by atoms with Crippen molar-refractivity contribution in [3.8, 4) is 24.2 Å². The number of hydrogen-bond donors (Lipinski definition) is 0. The molecule has 2 heteroatoms. The van der Waals surface area contributed by atoms with E-state index in [1.54, 1.807) is 0 Å². The maximum Gasteiger partial charge on any atom is 0.140 e. The molecule has 0 aliphatic carbocycles. The number of terminal acetylenes is 1. The van der Waals surface area contributed by atoms with E-state index in [2.05, 4.69) is 125 Å². The Morgan fingerprint density at radius 3 is 2.14 bits per heavy atom. The van der Waals surface area contributed by atoms with Gasteiger partial charge in [0, 0.05) is 27.4 Å². The molecule has 0 saturated carbocycles. The van der Waals surface area contributed by atoms with Gasteiger partial charge in [-0.15, -0.1) is 6.42 Å². The lowest BCUT2D eigenvalue weighted by atomic mass is 10.1. The summed E-state index contributed by atoms with van der Waals surface area (Å²) in [6.45, 7) is 0.653. The van der Waals surface area contributed by atoms with Gasteiger partial charge >= 0.3 is 0 Å². The van der Waals surface area contributed by atoms with Gasteiger partial charge < -0.3 is 4.57 Å². The summed E-state index contributed by atoms with van der Waals surface area (Å²) in [5.41, 5.74) is 8.99. The highest BCUT2D eigenvalue weighted by molar-refractivity contribution is 6.82. The average Bonchev–Trinajstić information content (AvgIpc) is 3.24. The van der Waals surface area contributed by atoms with Gasteiger partial charge in [0.1, 0.15) is 8.80 Å². The molecule has 4 aromatic carbocycles. The molecule has 0 unspecified atom stereocenters. The van der Waals surface area contributed by atoms with Gasteiger partial charge in [-0.2, -0.15) is 0 Å². The van der Waals surface area contributed by atoms with Crippen LogP contribution < -0.4 is 5.19 Å². The molecule has 0 amide bonds. The molecule has 35 heavy (non-hydrogen) atoms. The molecule has 1 nitrogen and oxygen atoms in total. The fraction of sp³-hybridized carbons (Fsp3) is 0.0303. The van der Waals surface area contributed by atoms with E-state index in [0.717, 1.165) is 11.1 Å². The quantitative estimate of drug-likeness (QED) is 0.207. The second kappa shape index (κ2) is 10.6. The fourth-order valence-corrected chi connectivity index (χ4v) is 5.99. The van der Waals surface area contributed by atoms with Gasteiger partial charge in [0.15, 0.2) is 0 Å². The molecule has 0 fully saturated rings. The fourth-order valence-electron chi connectivity index (χ4n) is 4.29. The van der Waals surface area contributed by atoms with Crippen LogP contribution in [-0.4, -0.2) is 13.4 Å². The molecule has 0 aliphatic heterocycles. The van der Waals surface area contributed by atoms with Crippen molar-refractivity contribution in [3.05, 3.63) is 132 Å². The Morgan fingerprint density at radius 1 is 0.743 bits per heavy atom. The first-order chi connectivity index (χ1) is 17.3. The Balaban J connectivity index is 1.39. The van der Waals surface area contributed by atoms with Crippen LogP contribution in [0.2, 0.25) is 0 Å². The highest BCUT2D eigenvalue weighted by Crippen LogP contribution is 2.28. The third-order valence-electron chi connectivity index (χ3n) is 5.98. The number of para-hydroxylation sites is 2. The molecule has 0 aliphatic rings. The highest BCUT2D eigenvalue weighted by atomic mass is 28.3. The van der Waals surface area contributed by atoms with Crippen molar-refractivity contribution in [2.45, 2.75) is 6.54 Å². The Bertz CT molecular complexity index is 1580. The van der Waals surface area contributed by atoms with E-state index in [1.165, 1.54) is 27.0 Å². The number of aromatic nitrogens is 1. The number of benzene rings is 4. The van der Waals surface area contributed by atoms with Gasteiger partial charge in [0.25, 0.3) is 0 Å². The van der Waals surface area contributed by atoms with Gasteiger partial charge in [0.05, 0.1) is 6.54 Å². The first kappa shape index (κ1) is 22.3. The minimum absolute atomic E-state index is 0.653. The van der Waals surface area contributed by atoms with E-state index in [4.69, 9.17) is 6.42 Å². The smallest absolute Gasteiger partial charge is 0.140 e. The van der Waals surface area contributed by atoms with Crippen LogP contribution in [0.15, 0.2) is 121 Å². The Hall–Kier alpha value is -4.50. The zero-order valence-corrected chi connectivity index (χ0v) is 20.4. The molecule has 5 rings (SSSR count). The van der Waals surface area contributed by atoms with E-state index in [1.807, 2.05) is 24.3 Å². The molecule has 0 saturated heterocycles. The van der Waals surface area contributed by atoms with Crippen molar-refractivity contribution in [3.63, 3.8) is 0 Å². The van der Waals surface area contributed by atoms with E-state index in [-0.39, 0.29) is 0 Å². The SMILES string of the molecule is C#Cc1cccc(/C=C/[Si](/C=C/C#CCn2c3ccccc3c3ccccc32)c2ccccc2)c1. The predicted octanol–water partition coefficient (Wildman–Crippen LogP) is 6.53. The summed E-state index contributed by atoms with van der Waals surface area (Å²) in [4.78, 5) is 0. The maximum atomic E-state index is 5.56. The van der Waals surface area contributed by atoms with Crippen LogP contribution in [-0.2, 0) is 6.54 Å². The molecule has 1 heterocycles. The molecule has 0 atom stereocenters. The molecule has 0 spiro atoms. The largest absolute Gasteiger partial charge is 0.329 e. The highest BCUT2D eigenvalue weighted by Gasteiger charge is 2.08. The van der Waals surface area contributed by atoms with Gasteiger partial charge in [-0.25, -0.2) is 0 Å². The summed E-state index contributed by atoms with van der Waals surface area (Å²) in [5, 5.41) is 3.87. The predicted molar refractivity (Wildman–Crippen MR) is 152 cm³/mol. The van der Waals surface area contributed by atoms with Gasteiger partial charge in [0.2, 0.25) is 0 Å². The lowest BCUT2D eigenvalue weighted by Crippen LogP contribution is -2.25. The molecule has 1 radical (unpaired) electrons. The lowest BCUT2D eigenvalue weighted by molar-refractivity contribution is 0.923. The first-order valence-electron chi connectivity index (χ1n) is 11.6. The van der Waals surface area contributed by atoms with Gasteiger partial charge in [-0.05, 0) is 35.9 Å². The summed E-state index contributed by atoms with van der Waals surface area (Å²) in [5.74, 6) is 9.36. The summed E-state index contributed by atoms with van der Waals surface area (Å²) >= 11 is 0. The van der Waals surface area contributed by atoms with Crippen molar-refractivity contribution < 1.29 is 0 Å². The third-order valence-corrected chi connectivity index (χ3v) is 8.03. The molecule has 5 aromatic rings. The number of nitrogens with zero attached hydrogens (tertiary/aromatic N) is 1. The summed E-state index contributed by atoms with van der Waals surface area (Å²) in [6.07, 6.45) is 9.74. The zero-order chi connectivity index (χ0) is 23.9. The van der Waals surface area contributed by atoms with Crippen molar-refractivity contribution in [2.75, 3.05) is 0 Å². The molecule has 1 aromatic heterocycles. The average molecular weight is 463 g/mol. The van der Waals surface area contributed by atoms with Crippen molar-refractivity contribution >= 4 is 41.9 Å². The van der Waals surface area contributed by atoms with Crippen LogP contribution in [0.5, 0.6) is 0 Å². The van der Waals surface area contributed by atoms with E-state index < -0.39 is 8.80 Å². The Kier molecular flexibility index (Phi) is 6.76. The summed E-state index contributed by atoms with van der Waals surface area (Å²) in [6, 6.07) is 35.8. The van der Waals surface area contributed by atoms with Crippen molar-refractivity contribution in [1.82, 2.24) is 4.57 Å². The third kappa shape index (κ3) is 5.04. The van der Waals surface area contributed by atoms with Crippen LogP contribution in [0.25, 0.3) is 27.9 Å². The lowest BCUT2D eigenvalue weighted by Gasteiger charge is -2.05. The molecular formula is C33H24NSi. The second-order valence-electron chi connectivity index (χ2n) is 8.20. The van der Waals surface area contributed by atoms with Crippen LogP contribution >= 0.6 is 0 Å². The number of allylic oxidation sites excluding steroid dienone is 1. The summed E-state index contributed by atoms with van der Waals surface area (Å²) < 4.78 is 2.30. The Labute approximate surface area is 208 Å². The van der Waals surface area contributed by atoms with E-state index in [9.17, 15) is 0 Å². The molecule has 165 valence electrons. The second-order valence-corrected chi connectivity index (χ2v) is 10.4. The minimum Gasteiger partial charge on any atom is -0.329 e. The topological polar surface area (TPSA) is 4.93 Å². The zero-order valence-electron chi connectivity index (χ0n) is 19.4. The monoisotopic (exact) mass is 462 g/mol.